The van der Waals surface area contributed by atoms with Gasteiger partial charge in [0.15, 0.2) is 0 Å². The highest BCUT2D eigenvalue weighted by Crippen LogP contribution is 2.14. The lowest BCUT2D eigenvalue weighted by Crippen LogP contribution is -2.34. The second-order valence-electron chi connectivity index (χ2n) is 6.85. The molecule has 0 aliphatic heterocycles. The molecule has 4 rings (SSSR count). The fourth-order valence-electron chi connectivity index (χ4n) is 3.43. The van der Waals surface area contributed by atoms with Gasteiger partial charge in [0.2, 0.25) is 5.91 Å². The highest BCUT2D eigenvalue weighted by atomic mass is 16.2. The Balaban J connectivity index is 1.70. The number of carbonyl (C=O) groups excluding carboxylic acids is 1. The van der Waals surface area contributed by atoms with E-state index in [4.69, 9.17) is 0 Å². The van der Waals surface area contributed by atoms with E-state index in [1.165, 1.54) is 9.25 Å². The zero-order valence-corrected chi connectivity index (χ0v) is 16.4. The van der Waals surface area contributed by atoms with Crippen LogP contribution in [0.4, 0.5) is 5.69 Å². The zero-order valence-electron chi connectivity index (χ0n) is 16.4. The summed E-state index contributed by atoms with van der Waals surface area (Å²) in [5, 5.41) is 2.92. The van der Waals surface area contributed by atoms with Gasteiger partial charge < -0.3 is 5.32 Å². The molecule has 1 amide bonds. The van der Waals surface area contributed by atoms with E-state index in [9.17, 15) is 19.2 Å². The van der Waals surface area contributed by atoms with Crippen LogP contribution in [-0.2, 0) is 18.4 Å². The number of hydrogen-bond acceptors (Lipinski definition) is 4. The van der Waals surface area contributed by atoms with Crippen molar-refractivity contribution in [3.05, 3.63) is 91.5 Å². The number of fused-ring (bicyclic) bond motifs is 1. The summed E-state index contributed by atoms with van der Waals surface area (Å²) in [4.78, 5) is 52.1. The molecule has 0 atom stereocenters. The number of benzene rings is 2. The molecule has 30 heavy (non-hydrogen) atoms. The molecule has 2 N–H and O–H groups in total. The Kier molecular flexibility index (Phi) is 4.71. The van der Waals surface area contributed by atoms with Gasteiger partial charge in [0.1, 0.15) is 12.2 Å². The van der Waals surface area contributed by atoms with Gasteiger partial charge in [-0.05, 0) is 31.2 Å². The molecule has 0 aliphatic rings. The molecule has 0 bridgehead atoms. The Bertz CT molecular complexity index is 1440. The number of anilines is 1. The first-order chi connectivity index (χ1) is 14.4. The number of nitrogens with zero attached hydrogens (tertiary/aromatic N) is 3. The van der Waals surface area contributed by atoms with Crippen LogP contribution in [-0.4, -0.2) is 24.8 Å². The third-order valence-electron chi connectivity index (χ3n) is 5.03. The zero-order chi connectivity index (χ0) is 21.4. The second-order valence-corrected chi connectivity index (χ2v) is 6.85. The normalized spacial score (nSPS) is 11.0. The Morgan fingerprint density at radius 1 is 1.00 bits per heavy atom. The van der Waals surface area contributed by atoms with Crippen molar-refractivity contribution in [2.24, 2.45) is 7.05 Å². The molecule has 0 spiro atoms. The third kappa shape index (κ3) is 3.16. The molecular formula is C21H19N5O4. The minimum atomic E-state index is -0.694. The fourth-order valence-corrected chi connectivity index (χ4v) is 3.43. The van der Waals surface area contributed by atoms with Gasteiger partial charge in [-0.1, -0.05) is 30.3 Å². The van der Waals surface area contributed by atoms with E-state index in [1.54, 1.807) is 55.1 Å². The molecule has 2 aromatic carbocycles. The van der Waals surface area contributed by atoms with Crippen molar-refractivity contribution in [1.29, 1.82) is 0 Å². The molecule has 0 saturated carbocycles. The van der Waals surface area contributed by atoms with Gasteiger partial charge in [0.25, 0.3) is 11.1 Å². The van der Waals surface area contributed by atoms with Crippen LogP contribution >= 0.6 is 0 Å². The van der Waals surface area contributed by atoms with Crippen LogP contribution in [0, 0.1) is 6.92 Å². The van der Waals surface area contributed by atoms with Crippen molar-refractivity contribution in [1.82, 2.24) is 18.9 Å². The summed E-state index contributed by atoms with van der Waals surface area (Å²) >= 11 is 0. The molecule has 9 heteroatoms. The minimum Gasteiger partial charge on any atom is -0.318 e. The van der Waals surface area contributed by atoms with Crippen molar-refractivity contribution in [2.45, 2.75) is 13.5 Å². The van der Waals surface area contributed by atoms with Gasteiger partial charge in [-0.3, -0.25) is 28.6 Å². The molecule has 0 fully saturated rings. The Hall–Kier alpha value is -4.14. The number of para-hydroxylation sites is 2. The molecule has 152 valence electrons. The molecule has 2 aromatic heterocycles. The summed E-state index contributed by atoms with van der Waals surface area (Å²) < 4.78 is 4.27. The summed E-state index contributed by atoms with van der Waals surface area (Å²) in [6, 6.07) is 15.6. The van der Waals surface area contributed by atoms with Crippen molar-refractivity contribution in [2.75, 3.05) is 5.32 Å². The van der Waals surface area contributed by atoms with Crippen LogP contribution in [0.5, 0.6) is 0 Å². The molecule has 9 nitrogen and oxygen atoms in total. The lowest BCUT2D eigenvalue weighted by molar-refractivity contribution is -0.116. The Labute approximate surface area is 169 Å². The van der Waals surface area contributed by atoms with Crippen molar-refractivity contribution < 1.29 is 4.79 Å². The highest BCUT2D eigenvalue weighted by Gasteiger charge is 2.19. The summed E-state index contributed by atoms with van der Waals surface area (Å²) in [5.41, 5.74) is 0.110. The van der Waals surface area contributed by atoms with E-state index in [0.29, 0.717) is 22.3 Å². The first-order valence-corrected chi connectivity index (χ1v) is 9.24. The molecule has 2 heterocycles. The predicted molar refractivity (Wildman–Crippen MR) is 113 cm³/mol. The third-order valence-corrected chi connectivity index (χ3v) is 5.03. The highest BCUT2D eigenvalue weighted by molar-refractivity contribution is 5.92. The molecule has 0 aliphatic carbocycles. The SMILES string of the molecule is Cc1c(NC(=O)Cn2c(=O)[nH]c(=O)c3ccccc32)c(=O)n(-c2ccccc2)n1C. The molecule has 0 unspecified atom stereocenters. The van der Waals surface area contributed by atoms with Crippen LogP contribution < -0.4 is 22.1 Å². The van der Waals surface area contributed by atoms with Gasteiger partial charge in [-0.25, -0.2) is 9.48 Å². The predicted octanol–water partition coefficient (Wildman–Crippen LogP) is 1.13. The lowest BCUT2D eigenvalue weighted by atomic mass is 10.2. The Morgan fingerprint density at radius 3 is 2.40 bits per heavy atom. The average Bonchev–Trinajstić information content (AvgIpc) is 2.95. The van der Waals surface area contributed by atoms with Gasteiger partial charge in [0, 0.05) is 7.05 Å². The van der Waals surface area contributed by atoms with Crippen LogP contribution in [0.1, 0.15) is 5.69 Å². The number of amides is 1. The maximum Gasteiger partial charge on any atom is 0.329 e. The van der Waals surface area contributed by atoms with Crippen molar-refractivity contribution >= 4 is 22.5 Å². The number of nitrogens with one attached hydrogen (secondary N) is 2. The van der Waals surface area contributed by atoms with Gasteiger partial charge >= 0.3 is 5.69 Å². The average molecular weight is 405 g/mol. The van der Waals surface area contributed by atoms with Crippen LogP contribution in [0.3, 0.4) is 0 Å². The van der Waals surface area contributed by atoms with Crippen molar-refractivity contribution in [3.63, 3.8) is 0 Å². The maximum absolute atomic E-state index is 12.9. The molecule has 4 aromatic rings. The first kappa shape index (κ1) is 19.2. The minimum absolute atomic E-state index is 0.133. The summed E-state index contributed by atoms with van der Waals surface area (Å²) in [6.45, 7) is 1.37. The van der Waals surface area contributed by atoms with Crippen LogP contribution in [0.25, 0.3) is 16.6 Å². The number of aromatic amines is 1. The van der Waals surface area contributed by atoms with Crippen molar-refractivity contribution in [3.8, 4) is 5.69 Å². The maximum atomic E-state index is 12.9. The van der Waals surface area contributed by atoms with Gasteiger partial charge in [-0.2, -0.15) is 0 Å². The number of H-pyrrole nitrogens is 1. The lowest BCUT2D eigenvalue weighted by Gasteiger charge is -2.09. The van der Waals surface area contributed by atoms with E-state index in [0.717, 1.165) is 0 Å². The number of carbonyl (C=O) groups is 1. The van der Waals surface area contributed by atoms with E-state index < -0.39 is 17.2 Å². The first-order valence-electron chi connectivity index (χ1n) is 9.24. The van der Waals surface area contributed by atoms with E-state index in [2.05, 4.69) is 10.3 Å². The molecular weight excluding hydrogens is 386 g/mol. The number of aromatic nitrogens is 4. The Morgan fingerprint density at radius 2 is 1.67 bits per heavy atom. The number of rotatable bonds is 4. The quantitative estimate of drug-likeness (QED) is 0.530. The number of hydrogen-bond donors (Lipinski definition) is 2. The fraction of sp³-hybridized carbons (Fsp3) is 0.143. The molecule has 0 radical (unpaired) electrons. The topological polar surface area (TPSA) is 111 Å². The van der Waals surface area contributed by atoms with E-state index >= 15 is 0 Å². The smallest absolute Gasteiger partial charge is 0.318 e. The van der Waals surface area contributed by atoms with E-state index in [1.807, 2.05) is 18.2 Å². The van der Waals surface area contributed by atoms with Crippen LogP contribution in [0.15, 0.2) is 69.0 Å². The van der Waals surface area contributed by atoms with Gasteiger partial charge in [0.05, 0.1) is 22.3 Å². The monoisotopic (exact) mass is 405 g/mol. The molecule has 0 saturated heterocycles. The van der Waals surface area contributed by atoms with Crippen LogP contribution in [0.2, 0.25) is 0 Å². The summed E-state index contributed by atoms with van der Waals surface area (Å²) in [7, 11) is 1.72. The largest absolute Gasteiger partial charge is 0.329 e. The van der Waals surface area contributed by atoms with Gasteiger partial charge in [-0.15, -0.1) is 0 Å². The summed E-state index contributed by atoms with van der Waals surface area (Å²) in [5.74, 6) is -0.555. The second kappa shape index (κ2) is 7.36. The summed E-state index contributed by atoms with van der Waals surface area (Å²) in [6.07, 6.45) is 0. The standard InChI is InChI=1S/C21H19N5O4/c1-13-18(20(29)26(24(13)2)14-8-4-3-5-9-14)22-17(27)12-25-16-11-7-6-10-15(16)19(28)23-21(25)30/h3-11H,12H2,1-2H3,(H,22,27)(H,23,28,30). The van der Waals surface area contributed by atoms with E-state index in [-0.39, 0.29) is 17.8 Å².